The van der Waals surface area contributed by atoms with Crippen molar-refractivity contribution in [1.82, 2.24) is 4.90 Å². The Morgan fingerprint density at radius 1 is 1.47 bits per heavy atom. The Hall–Kier alpha value is -0.930. The van der Waals surface area contributed by atoms with Crippen molar-refractivity contribution in [3.63, 3.8) is 0 Å². The maximum Gasteiger partial charge on any atom is 0.151 e. The monoisotopic (exact) mass is 229 g/mol. The molecule has 0 saturated heterocycles. The van der Waals surface area contributed by atoms with Gasteiger partial charge in [0.25, 0.3) is 0 Å². The molecule has 0 N–H and O–H groups in total. The number of rotatable bonds is 4. The molecule has 0 aliphatic rings. The molecule has 0 aliphatic carbocycles. The highest BCUT2D eigenvalue weighted by Gasteiger charge is 2.09. The second-order valence-electron chi connectivity index (χ2n) is 3.69. The predicted octanol–water partition coefficient (Wildman–Crippen LogP) is 2.15. The number of nitrogens with zero attached hydrogens (tertiary/aromatic N) is 1. The van der Waals surface area contributed by atoms with Gasteiger partial charge in [0.1, 0.15) is 5.82 Å². The SMILES string of the molecule is CN(C)CC(=O)Cc1cc(Cl)ccc1F. The van der Waals surface area contributed by atoms with Gasteiger partial charge in [-0.15, -0.1) is 0 Å². The Bertz CT molecular complexity index is 366. The largest absolute Gasteiger partial charge is 0.302 e. The summed E-state index contributed by atoms with van der Waals surface area (Å²) in [4.78, 5) is 13.2. The topological polar surface area (TPSA) is 20.3 Å². The van der Waals surface area contributed by atoms with E-state index < -0.39 is 0 Å². The van der Waals surface area contributed by atoms with Gasteiger partial charge < -0.3 is 4.90 Å². The van der Waals surface area contributed by atoms with Crippen molar-refractivity contribution in [2.75, 3.05) is 20.6 Å². The van der Waals surface area contributed by atoms with E-state index in [1.165, 1.54) is 18.2 Å². The molecule has 0 heterocycles. The lowest BCUT2D eigenvalue weighted by Gasteiger charge is -2.08. The van der Waals surface area contributed by atoms with Crippen LogP contribution in [0.25, 0.3) is 0 Å². The summed E-state index contributed by atoms with van der Waals surface area (Å²) in [6, 6.07) is 4.24. The van der Waals surface area contributed by atoms with Gasteiger partial charge in [-0.3, -0.25) is 4.79 Å². The second-order valence-corrected chi connectivity index (χ2v) is 4.13. The zero-order valence-corrected chi connectivity index (χ0v) is 9.51. The molecule has 0 spiro atoms. The third-order valence-electron chi connectivity index (χ3n) is 1.89. The molecule has 1 aromatic rings. The fourth-order valence-electron chi connectivity index (χ4n) is 1.30. The van der Waals surface area contributed by atoms with Crippen LogP contribution in [0.4, 0.5) is 4.39 Å². The lowest BCUT2D eigenvalue weighted by atomic mass is 10.1. The van der Waals surface area contributed by atoms with Crippen molar-refractivity contribution in [1.29, 1.82) is 0 Å². The molecule has 1 aromatic carbocycles. The van der Waals surface area contributed by atoms with E-state index in [1.807, 2.05) is 0 Å². The van der Waals surface area contributed by atoms with Gasteiger partial charge in [0.15, 0.2) is 5.78 Å². The highest BCUT2D eigenvalue weighted by Crippen LogP contribution is 2.15. The van der Waals surface area contributed by atoms with Gasteiger partial charge in [-0.2, -0.15) is 0 Å². The number of halogens is 2. The van der Waals surface area contributed by atoms with Gasteiger partial charge in [-0.25, -0.2) is 4.39 Å². The molecule has 0 unspecified atom stereocenters. The van der Waals surface area contributed by atoms with Gasteiger partial charge in [0.05, 0.1) is 6.54 Å². The molecule has 0 fully saturated rings. The maximum atomic E-state index is 13.2. The van der Waals surface area contributed by atoms with Crippen LogP contribution < -0.4 is 0 Å². The van der Waals surface area contributed by atoms with E-state index in [1.54, 1.807) is 19.0 Å². The number of likely N-dealkylation sites (N-methyl/N-ethyl adjacent to an activating group) is 1. The number of hydrogen-bond acceptors (Lipinski definition) is 2. The summed E-state index contributed by atoms with van der Waals surface area (Å²) in [6.07, 6.45) is 0.0879. The van der Waals surface area contributed by atoms with E-state index in [0.717, 1.165) is 0 Å². The van der Waals surface area contributed by atoms with E-state index in [9.17, 15) is 9.18 Å². The molecule has 15 heavy (non-hydrogen) atoms. The molecule has 0 amide bonds. The summed E-state index contributed by atoms with van der Waals surface area (Å²) in [7, 11) is 3.60. The Morgan fingerprint density at radius 2 is 2.13 bits per heavy atom. The standard InChI is InChI=1S/C11H13ClFNO/c1-14(2)7-10(15)6-8-5-9(12)3-4-11(8)13/h3-5H,6-7H2,1-2H3. The minimum atomic E-state index is -0.383. The van der Waals surface area contributed by atoms with Gasteiger partial charge in [0, 0.05) is 11.4 Å². The Labute approximate surface area is 93.6 Å². The lowest BCUT2D eigenvalue weighted by Crippen LogP contribution is -2.23. The summed E-state index contributed by atoms with van der Waals surface area (Å²) in [5.41, 5.74) is 0.356. The van der Waals surface area contributed by atoms with Crippen LogP contribution in [0, 0.1) is 5.82 Å². The van der Waals surface area contributed by atoms with Crippen LogP contribution in [0.3, 0.4) is 0 Å². The Kier molecular flexibility index (Phi) is 4.24. The molecule has 1 rings (SSSR count). The van der Waals surface area contributed by atoms with Crippen molar-refractivity contribution < 1.29 is 9.18 Å². The molecule has 0 aliphatic heterocycles. The first-order valence-corrected chi connectivity index (χ1v) is 4.97. The number of carbonyl (C=O) groups excluding carboxylic acids is 1. The molecule has 0 aromatic heterocycles. The molecule has 82 valence electrons. The Morgan fingerprint density at radius 3 is 2.73 bits per heavy atom. The smallest absolute Gasteiger partial charge is 0.151 e. The molecular formula is C11H13ClFNO. The van der Waals surface area contributed by atoms with Crippen LogP contribution in [0.15, 0.2) is 18.2 Å². The van der Waals surface area contributed by atoms with Crippen molar-refractivity contribution >= 4 is 17.4 Å². The van der Waals surface area contributed by atoms with E-state index in [-0.39, 0.29) is 18.0 Å². The first kappa shape index (κ1) is 12.1. The van der Waals surface area contributed by atoms with Gasteiger partial charge in [-0.1, -0.05) is 11.6 Å². The first-order valence-electron chi connectivity index (χ1n) is 4.59. The van der Waals surface area contributed by atoms with Crippen molar-refractivity contribution in [3.8, 4) is 0 Å². The van der Waals surface area contributed by atoms with Crippen LogP contribution in [-0.4, -0.2) is 31.3 Å². The summed E-state index contributed by atoms with van der Waals surface area (Å²) < 4.78 is 13.2. The average molecular weight is 230 g/mol. The lowest BCUT2D eigenvalue weighted by molar-refractivity contribution is -0.119. The molecule has 0 atom stereocenters. The normalized spacial score (nSPS) is 10.7. The van der Waals surface area contributed by atoms with Crippen LogP contribution in [-0.2, 0) is 11.2 Å². The van der Waals surface area contributed by atoms with Crippen LogP contribution in [0.5, 0.6) is 0 Å². The summed E-state index contributed by atoms with van der Waals surface area (Å²) in [5, 5.41) is 0.448. The van der Waals surface area contributed by atoms with E-state index in [0.29, 0.717) is 17.1 Å². The minimum absolute atomic E-state index is 0.0267. The summed E-state index contributed by atoms with van der Waals surface area (Å²) in [6.45, 7) is 0.311. The first-order chi connectivity index (χ1) is 6.99. The highest BCUT2D eigenvalue weighted by atomic mass is 35.5. The van der Waals surface area contributed by atoms with Crippen molar-refractivity contribution in [2.24, 2.45) is 0 Å². The van der Waals surface area contributed by atoms with E-state index in [2.05, 4.69) is 0 Å². The zero-order valence-electron chi connectivity index (χ0n) is 8.76. The van der Waals surface area contributed by atoms with Crippen LogP contribution >= 0.6 is 11.6 Å². The Balaban J connectivity index is 2.71. The third kappa shape index (κ3) is 3.98. The van der Waals surface area contributed by atoms with Gasteiger partial charge >= 0.3 is 0 Å². The number of Topliss-reactive ketones (excluding diaryl/α,β-unsaturated/α-hetero) is 1. The number of carbonyl (C=O) groups is 1. The average Bonchev–Trinajstić information content (AvgIpc) is 2.10. The molecule has 0 radical (unpaired) electrons. The molecule has 4 heteroatoms. The molecule has 0 saturated carbocycles. The quantitative estimate of drug-likeness (QED) is 0.789. The predicted molar refractivity (Wildman–Crippen MR) is 58.7 cm³/mol. The number of hydrogen-bond donors (Lipinski definition) is 0. The van der Waals surface area contributed by atoms with Crippen molar-refractivity contribution in [3.05, 3.63) is 34.6 Å². The van der Waals surface area contributed by atoms with Crippen molar-refractivity contribution in [2.45, 2.75) is 6.42 Å². The second kappa shape index (κ2) is 5.24. The fraction of sp³-hybridized carbons (Fsp3) is 0.364. The third-order valence-corrected chi connectivity index (χ3v) is 2.12. The number of benzene rings is 1. The molecule has 2 nitrogen and oxygen atoms in total. The van der Waals surface area contributed by atoms with E-state index in [4.69, 9.17) is 11.6 Å². The molecule has 0 bridgehead atoms. The summed E-state index contributed by atoms with van der Waals surface area (Å²) >= 11 is 5.72. The minimum Gasteiger partial charge on any atom is -0.302 e. The van der Waals surface area contributed by atoms with E-state index >= 15 is 0 Å². The van der Waals surface area contributed by atoms with Gasteiger partial charge in [-0.05, 0) is 37.9 Å². The van der Waals surface area contributed by atoms with Crippen LogP contribution in [0.1, 0.15) is 5.56 Å². The molecular weight excluding hydrogens is 217 g/mol. The summed E-state index contributed by atoms with van der Waals surface area (Å²) in [5.74, 6) is -0.410. The number of ketones is 1. The highest BCUT2D eigenvalue weighted by molar-refractivity contribution is 6.30. The zero-order chi connectivity index (χ0) is 11.4. The maximum absolute atomic E-state index is 13.2. The van der Waals surface area contributed by atoms with Crippen LogP contribution in [0.2, 0.25) is 5.02 Å². The fourth-order valence-corrected chi connectivity index (χ4v) is 1.49. The van der Waals surface area contributed by atoms with Gasteiger partial charge in [0.2, 0.25) is 0 Å².